The first-order chi connectivity index (χ1) is 11.5. The van der Waals surface area contributed by atoms with Gasteiger partial charge in [-0.1, -0.05) is 32.9 Å². The fourth-order valence-corrected chi connectivity index (χ4v) is 4.35. The summed E-state index contributed by atoms with van der Waals surface area (Å²) in [5.41, 5.74) is 4.50. The smallest absolute Gasteiger partial charge is 0.252 e. The van der Waals surface area contributed by atoms with Gasteiger partial charge in [0.2, 0.25) is 0 Å². The Morgan fingerprint density at radius 2 is 1.92 bits per heavy atom. The number of aliphatic hydroxyl groups is 1. The van der Waals surface area contributed by atoms with E-state index in [9.17, 15) is 5.11 Å². The van der Waals surface area contributed by atoms with Crippen LogP contribution in [0.1, 0.15) is 56.4 Å². The van der Waals surface area contributed by atoms with Gasteiger partial charge < -0.3 is 14.1 Å². The second kappa shape index (κ2) is 6.03. The molecular weight excluding hydrogens is 326 g/mol. The van der Waals surface area contributed by atoms with Crippen LogP contribution in [0.5, 0.6) is 5.88 Å². The number of hydrogen-bond acceptors (Lipinski definition) is 2. The lowest BCUT2D eigenvalue weighted by atomic mass is 9.98. The lowest BCUT2D eigenvalue weighted by Crippen LogP contribution is -2.44. The second-order valence-corrected chi connectivity index (χ2v) is 13.6. The maximum Gasteiger partial charge on any atom is 0.252 e. The predicted molar refractivity (Wildman–Crippen MR) is 109 cm³/mol. The largest absolute Gasteiger partial charge is 0.532 e. The molecule has 0 bridgehead atoms. The fourth-order valence-electron chi connectivity index (χ4n) is 3.27. The predicted octanol–water partition coefficient (Wildman–Crippen LogP) is 5.71. The first-order valence-corrected chi connectivity index (χ1v) is 12.1. The molecule has 1 heterocycles. The summed E-state index contributed by atoms with van der Waals surface area (Å²) in [7, 11) is 0.176. The van der Waals surface area contributed by atoms with Crippen LogP contribution in [0.15, 0.2) is 18.2 Å². The molecule has 3 rings (SSSR count). The Kier molecular flexibility index (Phi) is 4.41. The highest BCUT2D eigenvalue weighted by atomic mass is 28.4. The van der Waals surface area contributed by atoms with Gasteiger partial charge in [0, 0.05) is 18.0 Å². The summed E-state index contributed by atoms with van der Waals surface area (Å²) in [6.45, 7) is 13.5. The van der Waals surface area contributed by atoms with E-state index in [4.69, 9.17) is 4.43 Å². The van der Waals surface area contributed by atoms with Crippen LogP contribution in [0.25, 0.3) is 17.0 Å². The highest BCUT2D eigenvalue weighted by molar-refractivity contribution is 6.74. The molecule has 1 atom stereocenters. The van der Waals surface area contributed by atoms with Gasteiger partial charge in [0.25, 0.3) is 8.32 Å². The Balaban J connectivity index is 2.17. The molecule has 0 radical (unpaired) electrons. The Bertz CT molecular complexity index is 840. The topological polar surface area (TPSA) is 34.4 Å². The van der Waals surface area contributed by atoms with E-state index < -0.39 is 14.4 Å². The summed E-state index contributed by atoms with van der Waals surface area (Å²) < 4.78 is 8.83. The summed E-state index contributed by atoms with van der Waals surface area (Å²) in [4.78, 5) is 0. The summed E-state index contributed by atoms with van der Waals surface area (Å²) in [6.07, 6.45) is 5.61. The van der Waals surface area contributed by atoms with Crippen LogP contribution >= 0.6 is 0 Å². The van der Waals surface area contributed by atoms with E-state index in [2.05, 4.69) is 76.7 Å². The van der Waals surface area contributed by atoms with Gasteiger partial charge in [-0.15, -0.1) is 0 Å². The van der Waals surface area contributed by atoms with Gasteiger partial charge in [-0.2, -0.15) is 0 Å². The average Bonchev–Trinajstić information content (AvgIpc) is 2.65. The highest BCUT2D eigenvalue weighted by Crippen LogP contribution is 2.41. The third-order valence-electron chi connectivity index (χ3n) is 6.01. The molecule has 0 fully saturated rings. The minimum atomic E-state index is -1.91. The van der Waals surface area contributed by atoms with Crippen LogP contribution in [-0.2, 0) is 7.05 Å². The molecular formula is C21H31NO2Si. The number of aromatic nitrogens is 1. The number of nitrogens with zero attached hydrogens (tertiary/aromatic N) is 1. The Morgan fingerprint density at radius 3 is 2.56 bits per heavy atom. The van der Waals surface area contributed by atoms with Crippen LogP contribution in [0, 0.1) is 6.92 Å². The van der Waals surface area contributed by atoms with Crippen molar-refractivity contribution in [1.82, 2.24) is 4.57 Å². The number of fused-ring (bicyclic) bond motifs is 2. The van der Waals surface area contributed by atoms with Crippen molar-refractivity contribution in [3.8, 4) is 5.88 Å². The molecule has 1 aliphatic rings. The molecule has 136 valence electrons. The van der Waals surface area contributed by atoms with Gasteiger partial charge in [0.1, 0.15) is 0 Å². The normalized spacial score (nSPS) is 18.3. The minimum Gasteiger partial charge on any atom is -0.532 e. The fraction of sp³-hybridized carbons (Fsp3) is 0.524. The summed E-state index contributed by atoms with van der Waals surface area (Å²) in [5.74, 6) is 0.972. The molecule has 1 aromatic carbocycles. The van der Waals surface area contributed by atoms with Gasteiger partial charge in [-0.3, -0.25) is 0 Å². The van der Waals surface area contributed by atoms with E-state index in [1.54, 1.807) is 0 Å². The number of allylic oxidation sites excluding steroid dienone is 1. The van der Waals surface area contributed by atoms with Crippen LogP contribution in [-0.4, -0.2) is 18.0 Å². The molecule has 1 aliphatic carbocycles. The Labute approximate surface area is 152 Å². The first kappa shape index (κ1) is 18.3. The monoisotopic (exact) mass is 357 g/mol. The van der Waals surface area contributed by atoms with Crippen molar-refractivity contribution in [3.05, 3.63) is 34.9 Å². The number of rotatable bonds is 2. The second-order valence-electron chi connectivity index (χ2n) is 8.85. The van der Waals surface area contributed by atoms with Gasteiger partial charge in [0.15, 0.2) is 5.88 Å². The number of aliphatic hydroxyl groups excluding tert-OH is 1. The van der Waals surface area contributed by atoms with Crippen molar-refractivity contribution in [2.24, 2.45) is 7.05 Å². The van der Waals surface area contributed by atoms with Crippen LogP contribution in [0.2, 0.25) is 18.1 Å². The quantitative estimate of drug-likeness (QED) is 0.698. The minimum absolute atomic E-state index is 0.159. The molecule has 0 saturated heterocycles. The molecule has 0 amide bonds. The molecule has 1 N–H and O–H groups in total. The van der Waals surface area contributed by atoms with Gasteiger partial charge in [-0.05, 0) is 61.2 Å². The maximum atomic E-state index is 10.5. The molecule has 0 spiro atoms. The molecule has 25 heavy (non-hydrogen) atoms. The zero-order valence-corrected chi connectivity index (χ0v) is 17.6. The number of aryl methyl sites for hydroxylation is 2. The Hall–Kier alpha value is -1.52. The van der Waals surface area contributed by atoms with E-state index in [0.717, 1.165) is 29.8 Å². The van der Waals surface area contributed by atoms with E-state index in [-0.39, 0.29) is 5.04 Å². The standard InChI is InChI=1S/C21H31NO2Si/c1-14-16-13-17-15(10-8-9-11-19(17)23)12-18(16)22(5)20(14)24-25(6,7)21(2,3)4/h8,10,12-13,19,23H,9,11H2,1-7H3. The summed E-state index contributed by atoms with van der Waals surface area (Å²) >= 11 is 0. The van der Waals surface area contributed by atoms with Gasteiger partial charge in [0.05, 0.1) is 11.6 Å². The SMILES string of the molecule is Cc1c(O[Si](C)(C)C(C)(C)C)n(C)c2cc3c(cc12)C(O)CCC=C3. The average molecular weight is 358 g/mol. The lowest BCUT2D eigenvalue weighted by Gasteiger charge is -2.36. The summed E-state index contributed by atoms with van der Waals surface area (Å²) in [6, 6.07) is 4.36. The molecule has 2 aromatic rings. The molecule has 0 saturated carbocycles. The Morgan fingerprint density at radius 1 is 1.24 bits per heavy atom. The molecule has 0 aliphatic heterocycles. The zero-order valence-electron chi connectivity index (χ0n) is 16.6. The zero-order chi connectivity index (χ0) is 18.6. The molecule has 1 aromatic heterocycles. The summed E-state index contributed by atoms with van der Waals surface area (Å²) in [5, 5.41) is 11.8. The van der Waals surface area contributed by atoms with Crippen LogP contribution in [0.4, 0.5) is 0 Å². The van der Waals surface area contributed by atoms with Gasteiger partial charge >= 0.3 is 0 Å². The van der Waals surface area contributed by atoms with Crippen molar-refractivity contribution in [3.63, 3.8) is 0 Å². The third kappa shape index (κ3) is 3.06. The van der Waals surface area contributed by atoms with Crippen molar-refractivity contribution < 1.29 is 9.53 Å². The lowest BCUT2D eigenvalue weighted by molar-refractivity contribution is 0.169. The van der Waals surface area contributed by atoms with E-state index in [1.807, 2.05) is 0 Å². The van der Waals surface area contributed by atoms with Crippen LogP contribution in [0.3, 0.4) is 0 Å². The molecule has 1 unspecified atom stereocenters. The van der Waals surface area contributed by atoms with E-state index in [0.29, 0.717) is 0 Å². The van der Waals surface area contributed by atoms with Crippen molar-refractivity contribution >= 4 is 25.3 Å². The number of benzene rings is 1. The maximum absolute atomic E-state index is 10.5. The van der Waals surface area contributed by atoms with Gasteiger partial charge in [-0.25, -0.2) is 0 Å². The van der Waals surface area contributed by atoms with Crippen molar-refractivity contribution in [2.75, 3.05) is 0 Å². The van der Waals surface area contributed by atoms with E-state index in [1.165, 1.54) is 16.5 Å². The highest BCUT2D eigenvalue weighted by Gasteiger charge is 2.40. The van der Waals surface area contributed by atoms with Crippen molar-refractivity contribution in [1.29, 1.82) is 0 Å². The molecule has 4 heteroatoms. The third-order valence-corrected chi connectivity index (χ3v) is 10.3. The van der Waals surface area contributed by atoms with Crippen molar-refractivity contribution in [2.45, 2.75) is 64.8 Å². The van der Waals surface area contributed by atoms with Crippen LogP contribution < -0.4 is 4.43 Å². The first-order valence-electron chi connectivity index (χ1n) is 9.19. The van der Waals surface area contributed by atoms with E-state index >= 15 is 0 Å². The molecule has 3 nitrogen and oxygen atoms in total. The number of hydrogen-bond donors (Lipinski definition) is 1.